The van der Waals surface area contributed by atoms with Gasteiger partial charge in [0, 0.05) is 0 Å². The maximum atomic E-state index is 5.00. The van der Waals surface area contributed by atoms with Gasteiger partial charge in [-0.15, -0.1) is 5.92 Å². The van der Waals surface area contributed by atoms with Gasteiger partial charge in [0.15, 0.2) is 0 Å². The Morgan fingerprint density at radius 1 is 1.29 bits per heavy atom. The Bertz CT molecular complexity index is 408. The Morgan fingerprint density at radius 2 is 1.93 bits per heavy atom. The van der Waals surface area contributed by atoms with Crippen LogP contribution in [-0.4, -0.2) is 12.7 Å². The van der Waals surface area contributed by atoms with E-state index in [1.165, 1.54) is 0 Å². The normalized spacial score (nSPS) is 23.4. The van der Waals surface area contributed by atoms with Crippen LogP contribution in [-0.2, 0) is 4.74 Å². The van der Waals surface area contributed by atoms with Gasteiger partial charge in [-0.1, -0.05) is 17.8 Å². The van der Waals surface area contributed by atoms with Crippen LogP contribution in [0.5, 0.6) is 0 Å². The van der Waals surface area contributed by atoms with Gasteiger partial charge >= 0.3 is 0 Å². The fourth-order valence-electron chi connectivity index (χ4n) is 0.828. The maximum absolute atomic E-state index is 5.00. The zero-order chi connectivity index (χ0) is 9.80. The zero-order valence-corrected chi connectivity index (χ0v) is 9.30. The Hall–Kier alpha value is -0.740. The summed E-state index contributed by atoms with van der Waals surface area (Å²) in [6.45, 7) is 2.63. The molecule has 1 nitrogen and oxygen atoms in total. The lowest BCUT2D eigenvalue weighted by Crippen LogP contribution is -1.80. The molecule has 0 spiro atoms. The predicted molar refractivity (Wildman–Crippen MR) is 62.3 cm³/mol. The van der Waals surface area contributed by atoms with Crippen molar-refractivity contribution in [3.63, 3.8) is 0 Å². The first-order valence-corrected chi connectivity index (χ1v) is 6.36. The second-order valence-corrected chi connectivity index (χ2v) is 4.91. The monoisotopic (exact) mass is 220 g/mol. The molecule has 3 heteroatoms. The van der Waals surface area contributed by atoms with E-state index in [1.54, 1.807) is 21.6 Å². The molecule has 0 radical (unpaired) electrons. The molecule has 2 heterocycles. The van der Waals surface area contributed by atoms with Gasteiger partial charge in [0.2, 0.25) is 0 Å². The van der Waals surface area contributed by atoms with Crippen LogP contribution >= 0.6 is 21.6 Å². The Balaban J connectivity index is 2.01. The summed E-state index contributed by atoms with van der Waals surface area (Å²) in [5.74, 6) is 12.0. The molecule has 2 aliphatic heterocycles. The molecule has 1 saturated heterocycles. The first-order chi connectivity index (χ1) is 6.88. The molecular weight excluding hydrogens is 212 g/mol. The summed E-state index contributed by atoms with van der Waals surface area (Å²) in [6, 6.07) is 0. The predicted octanol–water partition coefficient (Wildman–Crippen LogP) is 2.57. The molecule has 2 aliphatic rings. The van der Waals surface area contributed by atoms with Crippen LogP contribution < -0.4 is 0 Å². The molecule has 0 amide bonds. The van der Waals surface area contributed by atoms with E-state index in [9.17, 15) is 0 Å². The third kappa shape index (κ3) is 2.89. The van der Waals surface area contributed by atoms with E-state index in [0.29, 0.717) is 0 Å². The van der Waals surface area contributed by atoms with Crippen molar-refractivity contribution in [2.75, 3.05) is 6.61 Å². The Labute approximate surface area is 91.8 Å². The van der Waals surface area contributed by atoms with Crippen molar-refractivity contribution >= 4 is 21.6 Å². The Morgan fingerprint density at radius 3 is 2.43 bits per heavy atom. The van der Waals surface area contributed by atoms with E-state index in [2.05, 4.69) is 23.7 Å². The van der Waals surface area contributed by atoms with E-state index in [4.69, 9.17) is 4.74 Å². The fourth-order valence-corrected chi connectivity index (χ4v) is 2.62. The zero-order valence-electron chi connectivity index (χ0n) is 7.66. The third-order valence-electron chi connectivity index (χ3n) is 1.55. The summed E-state index contributed by atoms with van der Waals surface area (Å²) in [5, 5.41) is 0. The van der Waals surface area contributed by atoms with Gasteiger partial charge in [0.25, 0.3) is 0 Å². The SMILES string of the molecule is CC#CC1=CC=C(C#CC2CO2)SS1. The molecule has 2 rings (SSSR count). The largest absolute Gasteiger partial charge is 0.359 e. The molecule has 0 aromatic rings. The van der Waals surface area contributed by atoms with E-state index in [0.717, 1.165) is 16.4 Å². The van der Waals surface area contributed by atoms with Crippen molar-refractivity contribution < 1.29 is 4.74 Å². The van der Waals surface area contributed by atoms with Crippen LogP contribution in [0.25, 0.3) is 0 Å². The molecule has 0 bridgehead atoms. The van der Waals surface area contributed by atoms with Gasteiger partial charge in [-0.2, -0.15) is 0 Å². The van der Waals surface area contributed by atoms with Crippen LogP contribution in [0.2, 0.25) is 0 Å². The van der Waals surface area contributed by atoms with Crippen molar-refractivity contribution in [1.29, 1.82) is 0 Å². The molecule has 70 valence electrons. The van der Waals surface area contributed by atoms with E-state index < -0.39 is 0 Å². The van der Waals surface area contributed by atoms with E-state index >= 15 is 0 Å². The highest BCUT2D eigenvalue weighted by atomic mass is 33.1. The number of hydrogen-bond donors (Lipinski definition) is 0. The lowest BCUT2D eigenvalue weighted by atomic mass is 10.4. The molecule has 1 fully saturated rings. The lowest BCUT2D eigenvalue weighted by molar-refractivity contribution is 0.445. The number of hydrogen-bond acceptors (Lipinski definition) is 3. The van der Waals surface area contributed by atoms with Gasteiger partial charge in [-0.25, -0.2) is 0 Å². The molecule has 0 N–H and O–H groups in total. The molecule has 0 aromatic heterocycles. The lowest BCUT2D eigenvalue weighted by Gasteiger charge is -2.03. The van der Waals surface area contributed by atoms with Gasteiger partial charge < -0.3 is 4.74 Å². The fraction of sp³-hybridized carbons (Fsp3) is 0.273. The second-order valence-electron chi connectivity index (χ2n) is 2.69. The topological polar surface area (TPSA) is 12.5 Å². The molecular formula is C11H8OS2. The molecule has 1 unspecified atom stereocenters. The minimum absolute atomic E-state index is 0.183. The van der Waals surface area contributed by atoms with E-state index in [1.807, 2.05) is 19.1 Å². The smallest absolute Gasteiger partial charge is 0.142 e. The number of ether oxygens (including phenoxy) is 1. The van der Waals surface area contributed by atoms with Crippen molar-refractivity contribution in [2.24, 2.45) is 0 Å². The van der Waals surface area contributed by atoms with Crippen molar-refractivity contribution in [2.45, 2.75) is 13.0 Å². The molecule has 0 saturated carbocycles. The van der Waals surface area contributed by atoms with Crippen molar-refractivity contribution in [1.82, 2.24) is 0 Å². The minimum Gasteiger partial charge on any atom is -0.359 e. The van der Waals surface area contributed by atoms with Gasteiger partial charge in [0.05, 0.1) is 16.4 Å². The molecule has 14 heavy (non-hydrogen) atoms. The van der Waals surface area contributed by atoms with Gasteiger partial charge in [-0.3, -0.25) is 0 Å². The van der Waals surface area contributed by atoms with Crippen LogP contribution in [0, 0.1) is 23.7 Å². The standard InChI is InChI=1S/C11H8OS2/c1-2-3-10-6-7-11(14-13-10)5-4-9-8-12-9/h6-7,9H,8H2,1H3. The Kier molecular flexibility index (Phi) is 3.26. The molecule has 0 aromatic carbocycles. The van der Waals surface area contributed by atoms with Crippen LogP contribution in [0.4, 0.5) is 0 Å². The van der Waals surface area contributed by atoms with Gasteiger partial charge in [0.1, 0.15) is 6.10 Å². The highest BCUT2D eigenvalue weighted by Gasteiger charge is 2.18. The maximum Gasteiger partial charge on any atom is 0.142 e. The third-order valence-corrected chi connectivity index (χ3v) is 3.79. The second kappa shape index (κ2) is 4.66. The quantitative estimate of drug-likeness (QED) is 0.354. The minimum atomic E-state index is 0.183. The van der Waals surface area contributed by atoms with Crippen LogP contribution in [0.1, 0.15) is 6.92 Å². The number of rotatable bonds is 0. The summed E-state index contributed by atoms with van der Waals surface area (Å²) in [7, 11) is 3.32. The van der Waals surface area contributed by atoms with E-state index in [-0.39, 0.29) is 6.10 Å². The van der Waals surface area contributed by atoms with Crippen molar-refractivity contribution in [3.8, 4) is 23.7 Å². The summed E-state index contributed by atoms with van der Waals surface area (Å²) in [5.41, 5.74) is 0. The number of allylic oxidation sites excluding steroid dienone is 4. The average Bonchev–Trinajstić information content (AvgIpc) is 3.01. The van der Waals surface area contributed by atoms with Crippen molar-refractivity contribution in [3.05, 3.63) is 22.0 Å². The summed E-state index contributed by atoms with van der Waals surface area (Å²) >= 11 is 0. The number of epoxide rings is 1. The van der Waals surface area contributed by atoms with Crippen LogP contribution in [0.15, 0.2) is 22.0 Å². The highest BCUT2D eigenvalue weighted by molar-refractivity contribution is 8.79. The summed E-state index contributed by atoms with van der Waals surface area (Å²) in [4.78, 5) is 2.16. The summed E-state index contributed by atoms with van der Waals surface area (Å²) < 4.78 is 5.00. The van der Waals surface area contributed by atoms with Crippen LogP contribution in [0.3, 0.4) is 0 Å². The first kappa shape index (κ1) is 9.80. The highest BCUT2D eigenvalue weighted by Crippen LogP contribution is 2.39. The van der Waals surface area contributed by atoms with Gasteiger partial charge in [-0.05, 0) is 40.7 Å². The molecule has 0 aliphatic carbocycles. The molecule has 1 atom stereocenters. The summed E-state index contributed by atoms with van der Waals surface area (Å²) in [6.07, 6.45) is 4.20. The average molecular weight is 220 g/mol. The first-order valence-electron chi connectivity index (χ1n) is 4.21.